The number of benzene rings is 1. The van der Waals surface area contributed by atoms with Crippen LogP contribution in [0.2, 0.25) is 0 Å². The largest absolute Gasteiger partial charge is 0.467 e. The minimum absolute atomic E-state index is 0. The van der Waals surface area contributed by atoms with Crippen molar-refractivity contribution in [3.63, 3.8) is 0 Å². The van der Waals surface area contributed by atoms with Crippen LogP contribution in [-0.2, 0) is 20.1 Å². The fourth-order valence-electron chi connectivity index (χ4n) is 2.32. The van der Waals surface area contributed by atoms with E-state index in [1.165, 1.54) is 0 Å². The van der Waals surface area contributed by atoms with E-state index in [0.29, 0.717) is 19.0 Å². The number of nitrogens with one attached hydrogen (secondary N) is 2. The molecule has 122 valence electrons. The number of hydrogen-bond donors (Lipinski definition) is 2. The van der Waals surface area contributed by atoms with E-state index in [2.05, 4.69) is 31.2 Å². The van der Waals surface area contributed by atoms with Crippen LogP contribution in [0.1, 0.15) is 11.6 Å². The minimum Gasteiger partial charge on any atom is -0.467 e. The molecule has 1 aromatic carbocycles. The lowest BCUT2D eigenvalue weighted by molar-refractivity contribution is 0.501. The van der Waals surface area contributed by atoms with Gasteiger partial charge >= 0.3 is 0 Å². The van der Waals surface area contributed by atoms with Crippen molar-refractivity contribution in [2.24, 2.45) is 12.0 Å². The van der Waals surface area contributed by atoms with Crippen molar-refractivity contribution in [2.75, 3.05) is 7.05 Å². The molecule has 0 fully saturated rings. The molecule has 6 nitrogen and oxygen atoms in total. The normalized spacial score (nSPS) is 11.3. The van der Waals surface area contributed by atoms with Gasteiger partial charge in [0.25, 0.3) is 0 Å². The molecular weight excluding hydrogens is 405 g/mol. The molecule has 23 heavy (non-hydrogen) atoms. The third-order valence-corrected chi connectivity index (χ3v) is 3.53. The third-order valence-electron chi connectivity index (χ3n) is 3.53. The number of aryl methyl sites for hydroxylation is 1. The summed E-state index contributed by atoms with van der Waals surface area (Å²) in [7, 11) is 3.76. The van der Waals surface area contributed by atoms with Crippen molar-refractivity contribution in [1.82, 2.24) is 20.2 Å². The predicted octanol–water partition coefficient (Wildman–Crippen LogP) is 2.65. The monoisotopic (exact) mass is 425 g/mol. The summed E-state index contributed by atoms with van der Waals surface area (Å²) < 4.78 is 7.37. The number of fused-ring (bicyclic) bond motifs is 1. The van der Waals surface area contributed by atoms with Gasteiger partial charge in [0.2, 0.25) is 0 Å². The molecule has 0 aliphatic heterocycles. The molecule has 3 aromatic rings. The maximum Gasteiger partial charge on any atom is 0.191 e. The molecule has 3 rings (SSSR count). The molecule has 0 atom stereocenters. The fraction of sp³-hybridized carbons (Fsp3) is 0.250. The van der Waals surface area contributed by atoms with Gasteiger partial charge in [-0.3, -0.25) is 4.99 Å². The lowest BCUT2D eigenvalue weighted by atomic mass is 10.3. The van der Waals surface area contributed by atoms with Crippen LogP contribution in [0.4, 0.5) is 0 Å². The lowest BCUT2D eigenvalue weighted by Crippen LogP contribution is -2.36. The number of aliphatic imine (C=N–C) groups is 1. The van der Waals surface area contributed by atoms with Gasteiger partial charge in [0.1, 0.15) is 11.6 Å². The van der Waals surface area contributed by atoms with Crippen LogP contribution in [0.5, 0.6) is 0 Å². The second-order valence-electron chi connectivity index (χ2n) is 4.93. The van der Waals surface area contributed by atoms with Crippen LogP contribution in [0.15, 0.2) is 52.1 Å². The molecule has 2 aromatic heterocycles. The SMILES string of the molecule is CN=C(NCc1ccco1)NCc1nc2ccccc2n1C.I. The fourth-order valence-corrected chi connectivity index (χ4v) is 2.32. The molecule has 0 unspecified atom stereocenters. The van der Waals surface area contributed by atoms with Crippen molar-refractivity contribution in [3.8, 4) is 0 Å². The molecule has 2 N–H and O–H groups in total. The maximum atomic E-state index is 5.29. The molecule has 0 spiro atoms. The van der Waals surface area contributed by atoms with Crippen molar-refractivity contribution in [1.29, 1.82) is 0 Å². The summed E-state index contributed by atoms with van der Waals surface area (Å²) in [5, 5.41) is 6.47. The van der Waals surface area contributed by atoms with E-state index in [1.54, 1.807) is 13.3 Å². The highest BCUT2D eigenvalue weighted by atomic mass is 127. The second kappa shape index (κ2) is 8.00. The Balaban J connectivity index is 0.00000192. The Morgan fingerprint density at radius 2 is 1.96 bits per heavy atom. The molecular formula is C16H20IN5O. The first kappa shape index (κ1) is 17.3. The first-order valence-corrected chi connectivity index (χ1v) is 7.15. The summed E-state index contributed by atoms with van der Waals surface area (Å²) in [6.07, 6.45) is 1.66. The third kappa shape index (κ3) is 4.04. The van der Waals surface area contributed by atoms with E-state index in [9.17, 15) is 0 Å². The average molecular weight is 425 g/mol. The molecule has 0 radical (unpaired) electrons. The molecule has 0 bridgehead atoms. The first-order chi connectivity index (χ1) is 10.8. The van der Waals surface area contributed by atoms with Crippen molar-refractivity contribution in [2.45, 2.75) is 13.1 Å². The Morgan fingerprint density at radius 1 is 1.17 bits per heavy atom. The van der Waals surface area contributed by atoms with E-state index in [0.717, 1.165) is 22.6 Å². The summed E-state index contributed by atoms with van der Waals surface area (Å²) in [6.45, 7) is 1.19. The van der Waals surface area contributed by atoms with E-state index in [-0.39, 0.29) is 24.0 Å². The minimum atomic E-state index is 0. The number of halogens is 1. The van der Waals surface area contributed by atoms with Gasteiger partial charge in [-0.1, -0.05) is 12.1 Å². The number of hydrogen-bond acceptors (Lipinski definition) is 3. The second-order valence-corrected chi connectivity index (χ2v) is 4.93. The van der Waals surface area contributed by atoms with Crippen LogP contribution in [0.3, 0.4) is 0 Å². The Morgan fingerprint density at radius 3 is 2.65 bits per heavy atom. The van der Waals surface area contributed by atoms with Gasteiger partial charge in [0.15, 0.2) is 5.96 Å². The van der Waals surface area contributed by atoms with Crippen LogP contribution in [0, 0.1) is 0 Å². The van der Waals surface area contributed by atoms with Crippen LogP contribution in [0.25, 0.3) is 11.0 Å². The Labute approximate surface area is 152 Å². The highest BCUT2D eigenvalue weighted by molar-refractivity contribution is 14.0. The highest BCUT2D eigenvalue weighted by Gasteiger charge is 2.07. The average Bonchev–Trinajstić information content (AvgIpc) is 3.17. The van der Waals surface area contributed by atoms with Gasteiger partial charge in [0.05, 0.1) is 30.4 Å². The smallest absolute Gasteiger partial charge is 0.191 e. The van der Waals surface area contributed by atoms with Crippen LogP contribution in [-0.4, -0.2) is 22.6 Å². The summed E-state index contributed by atoms with van der Waals surface area (Å²) in [5.41, 5.74) is 2.12. The summed E-state index contributed by atoms with van der Waals surface area (Å²) >= 11 is 0. The number of guanidine groups is 1. The zero-order valence-electron chi connectivity index (χ0n) is 13.1. The zero-order chi connectivity index (χ0) is 15.4. The molecule has 7 heteroatoms. The number of furan rings is 1. The number of nitrogens with zero attached hydrogens (tertiary/aromatic N) is 3. The summed E-state index contributed by atoms with van der Waals surface area (Å²) in [4.78, 5) is 8.83. The Bertz CT molecular complexity index is 779. The Kier molecular flexibility index (Phi) is 6.03. The topological polar surface area (TPSA) is 67.4 Å². The standard InChI is InChI=1S/C16H19N5O.HI/c1-17-16(18-10-12-6-5-9-22-12)19-11-15-20-13-7-3-4-8-14(13)21(15)2;/h3-9H,10-11H2,1-2H3,(H2,17,18,19);1H. The maximum absolute atomic E-state index is 5.29. The number of para-hydroxylation sites is 2. The van der Waals surface area contributed by atoms with Crippen molar-refractivity contribution < 1.29 is 4.42 Å². The predicted molar refractivity (Wildman–Crippen MR) is 102 cm³/mol. The molecule has 0 aliphatic rings. The van der Waals surface area contributed by atoms with Crippen molar-refractivity contribution >= 4 is 41.0 Å². The number of imidazole rings is 1. The number of aromatic nitrogens is 2. The van der Waals surface area contributed by atoms with Gasteiger partial charge in [-0.05, 0) is 24.3 Å². The lowest BCUT2D eigenvalue weighted by Gasteiger charge is -2.10. The van der Waals surface area contributed by atoms with Crippen molar-refractivity contribution in [3.05, 3.63) is 54.2 Å². The highest BCUT2D eigenvalue weighted by Crippen LogP contribution is 2.13. The molecule has 0 aliphatic carbocycles. The van der Waals surface area contributed by atoms with Gasteiger partial charge in [-0.15, -0.1) is 24.0 Å². The summed E-state index contributed by atoms with van der Waals surface area (Å²) in [5.74, 6) is 2.54. The molecule has 0 saturated carbocycles. The van der Waals surface area contributed by atoms with E-state index < -0.39 is 0 Å². The van der Waals surface area contributed by atoms with Gasteiger partial charge in [-0.25, -0.2) is 4.98 Å². The van der Waals surface area contributed by atoms with Gasteiger partial charge in [0, 0.05) is 14.1 Å². The molecule has 0 amide bonds. The number of rotatable bonds is 4. The van der Waals surface area contributed by atoms with Gasteiger partial charge < -0.3 is 19.6 Å². The molecule has 2 heterocycles. The summed E-state index contributed by atoms with van der Waals surface area (Å²) in [6, 6.07) is 11.9. The Hall–Kier alpha value is -2.03. The van der Waals surface area contributed by atoms with E-state index in [4.69, 9.17) is 4.42 Å². The van der Waals surface area contributed by atoms with E-state index >= 15 is 0 Å². The zero-order valence-corrected chi connectivity index (χ0v) is 15.4. The quantitative estimate of drug-likeness (QED) is 0.383. The van der Waals surface area contributed by atoms with Gasteiger partial charge in [-0.2, -0.15) is 0 Å². The molecule has 0 saturated heterocycles. The van der Waals surface area contributed by atoms with Crippen LogP contribution < -0.4 is 10.6 Å². The van der Waals surface area contributed by atoms with Crippen LogP contribution >= 0.6 is 24.0 Å². The van der Waals surface area contributed by atoms with E-state index in [1.807, 2.05) is 37.4 Å². The first-order valence-electron chi connectivity index (χ1n) is 7.15.